The molecule has 0 saturated carbocycles. The van der Waals surface area contributed by atoms with Crippen molar-refractivity contribution in [1.82, 2.24) is 31.1 Å². The van der Waals surface area contributed by atoms with Gasteiger partial charge in [0.05, 0.1) is 10.9 Å². The molecular formula is C17H14F2N6O2S. The predicted molar refractivity (Wildman–Crippen MR) is 96.4 cm³/mol. The van der Waals surface area contributed by atoms with Crippen molar-refractivity contribution < 1.29 is 18.4 Å². The maximum absolute atomic E-state index is 13.4. The minimum absolute atomic E-state index is 0.192. The average molecular weight is 404 g/mol. The summed E-state index contributed by atoms with van der Waals surface area (Å²) in [6.45, 7) is 1.59. The highest BCUT2D eigenvalue weighted by molar-refractivity contribution is 8.00. The van der Waals surface area contributed by atoms with Crippen molar-refractivity contribution in [3.05, 3.63) is 65.7 Å². The van der Waals surface area contributed by atoms with Crippen LogP contribution in [-0.2, 0) is 4.79 Å². The Morgan fingerprint density at radius 3 is 2.54 bits per heavy atom. The third kappa shape index (κ3) is 4.68. The molecule has 0 saturated heterocycles. The summed E-state index contributed by atoms with van der Waals surface area (Å²) in [6, 6.07) is 10.6. The van der Waals surface area contributed by atoms with E-state index in [9.17, 15) is 18.4 Å². The van der Waals surface area contributed by atoms with Crippen molar-refractivity contribution in [2.24, 2.45) is 0 Å². The van der Waals surface area contributed by atoms with E-state index < -0.39 is 28.7 Å². The lowest BCUT2D eigenvalue weighted by atomic mass is 10.2. The summed E-state index contributed by atoms with van der Waals surface area (Å²) in [4.78, 5) is 24.2. The van der Waals surface area contributed by atoms with E-state index in [1.165, 1.54) is 35.0 Å². The van der Waals surface area contributed by atoms with Gasteiger partial charge in [0.2, 0.25) is 5.16 Å². The molecule has 2 amide bonds. The van der Waals surface area contributed by atoms with Crippen LogP contribution in [0.25, 0.3) is 5.69 Å². The molecule has 8 nitrogen and oxygen atoms in total. The molecule has 28 heavy (non-hydrogen) atoms. The molecule has 0 aliphatic heterocycles. The normalized spacial score (nSPS) is 11.7. The molecule has 0 spiro atoms. The van der Waals surface area contributed by atoms with Crippen molar-refractivity contribution in [2.45, 2.75) is 17.3 Å². The van der Waals surface area contributed by atoms with E-state index in [1.54, 1.807) is 13.0 Å². The third-order valence-corrected chi connectivity index (χ3v) is 4.58. The summed E-state index contributed by atoms with van der Waals surface area (Å²) in [5.41, 5.74) is 5.13. The zero-order valence-corrected chi connectivity index (χ0v) is 15.3. The van der Waals surface area contributed by atoms with Crippen LogP contribution in [0.5, 0.6) is 0 Å². The Kier molecular flexibility index (Phi) is 5.94. The van der Waals surface area contributed by atoms with Crippen LogP contribution in [0.4, 0.5) is 8.78 Å². The van der Waals surface area contributed by atoms with E-state index in [0.717, 1.165) is 23.9 Å². The van der Waals surface area contributed by atoms with Gasteiger partial charge in [-0.1, -0.05) is 17.8 Å². The second-order valence-corrected chi connectivity index (χ2v) is 6.87. The Bertz CT molecular complexity index is 995. The van der Waals surface area contributed by atoms with Gasteiger partial charge in [0.1, 0.15) is 11.6 Å². The lowest BCUT2D eigenvalue weighted by Crippen LogP contribution is -2.45. The molecule has 1 unspecified atom stereocenters. The SMILES string of the molecule is CC(Sc1nnnn1-c1cccc(F)c1)C(=O)NNC(=O)c1ccc(F)cc1. The van der Waals surface area contributed by atoms with Crippen LogP contribution in [0.1, 0.15) is 17.3 Å². The fourth-order valence-corrected chi connectivity index (χ4v) is 2.93. The number of hydrogen-bond acceptors (Lipinski definition) is 6. The number of nitrogens with zero attached hydrogens (tertiary/aromatic N) is 4. The third-order valence-electron chi connectivity index (χ3n) is 3.55. The first-order valence-corrected chi connectivity index (χ1v) is 8.89. The smallest absolute Gasteiger partial charge is 0.269 e. The molecule has 1 aromatic heterocycles. The molecule has 0 bridgehead atoms. The monoisotopic (exact) mass is 404 g/mol. The summed E-state index contributed by atoms with van der Waals surface area (Å²) in [7, 11) is 0. The molecule has 1 heterocycles. The second-order valence-electron chi connectivity index (χ2n) is 5.56. The number of benzene rings is 2. The molecule has 3 rings (SSSR count). The zero-order valence-electron chi connectivity index (χ0n) is 14.5. The van der Waals surface area contributed by atoms with Gasteiger partial charge in [0.15, 0.2) is 0 Å². The molecule has 1 atom stereocenters. The van der Waals surface area contributed by atoms with Crippen LogP contribution in [0.2, 0.25) is 0 Å². The lowest BCUT2D eigenvalue weighted by Gasteiger charge is -2.12. The zero-order chi connectivity index (χ0) is 20.1. The van der Waals surface area contributed by atoms with Gasteiger partial charge in [-0.05, 0) is 59.8 Å². The Balaban J connectivity index is 1.60. The van der Waals surface area contributed by atoms with Gasteiger partial charge in [-0.2, -0.15) is 4.68 Å². The number of halogens is 2. The van der Waals surface area contributed by atoms with Gasteiger partial charge in [-0.15, -0.1) is 5.10 Å². The first-order valence-electron chi connectivity index (χ1n) is 8.01. The summed E-state index contributed by atoms with van der Waals surface area (Å²) in [5.74, 6) is -2.01. The number of amides is 2. The van der Waals surface area contributed by atoms with Gasteiger partial charge in [-0.25, -0.2) is 8.78 Å². The molecule has 2 aromatic carbocycles. The van der Waals surface area contributed by atoms with Crippen molar-refractivity contribution in [1.29, 1.82) is 0 Å². The van der Waals surface area contributed by atoms with Crippen molar-refractivity contribution >= 4 is 23.6 Å². The maximum Gasteiger partial charge on any atom is 0.269 e. The van der Waals surface area contributed by atoms with Gasteiger partial charge in [0, 0.05) is 5.56 Å². The Labute approximate surface area is 162 Å². The number of rotatable bonds is 5. The summed E-state index contributed by atoms with van der Waals surface area (Å²) >= 11 is 1.03. The lowest BCUT2D eigenvalue weighted by molar-refractivity contribution is -0.121. The molecule has 11 heteroatoms. The number of hydrogen-bond donors (Lipinski definition) is 2. The number of hydrazine groups is 1. The number of nitrogens with one attached hydrogen (secondary N) is 2. The molecule has 3 aromatic rings. The molecule has 2 N–H and O–H groups in total. The maximum atomic E-state index is 13.4. The Morgan fingerprint density at radius 1 is 1.07 bits per heavy atom. The van der Waals surface area contributed by atoms with Gasteiger partial charge >= 0.3 is 0 Å². The molecule has 0 aliphatic rings. The van der Waals surface area contributed by atoms with E-state index in [4.69, 9.17) is 0 Å². The number of tetrazole rings is 1. The number of aromatic nitrogens is 4. The van der Waals surface area contributed by atoms with E-state index in [0.29, 0.717) is 5.69 Å². The van der Waals surface area contributed by atoms with Crippen LogP contribution < -0.4 is 10.9 Å². The standard InChI is InChI=1S/C17H14F2N6O2S/c1-10(15(26)20-21-16(27)11-5-7-12(18)8-6-11)28-17-22-23-24-25(17)14-4-2-3-13(19)9-14/h2-10H,1H3,(H,20,26)(H,21,27). The molecule has 0 fully saturated rings. The molecular weight excluding hydrogens is 390 g/mol. The van der Waals surface area contributed by atoms with Crippen LogP contribution in [0.3, 0.4) is 0 Å². The summed E-state index contributed by atoms with van der Waals surface area (Å²) < 4.78 is 27.6. The van der Waals surface area contributed by atoms with Crippen molar-refractivity contribution in [3.63, 3.8) is 0 Å². The molecule has 0 radical (unpaired) electrons. The highest BCUT2D eigenvalue weighted by atomic mass is 32.2. The van der Waals surface area contributed by atoms with Crippen molar-refractivity contribution in [2.75, 3.05) is 0 Å². The number of carbonyl (C=O) groups excluding carboxylic acids is 2. The van der Waals surface area contributed by atoms with Crippen LogP contribution in [0, 0.1) is 11.6 Å². The van der Waals surface area contributed by atoms with Crippen molar-refractivity contribution in [3.8, 4) is 5.69 Å². The second kappa shape index (κ2) is 8.57. The van der Waals surface area contributed by atoms with Crippen LogP contribution in [-0.4, -0.2) is 37.3 Å². The fourth-order valence-electron chi connectivity index (χ4n) is 2.13. The van der Waals surface area contributed by atoms with E-state index in [2.05, 4.69) is 26.4 Å². The quantitative estimate of drug-likeness (QED) is 0.497. The highest BCUT2D eigenvalue weighted by Crippen LogP contribution is 2.23. The number of carbonyl (C=O) groups is 2. The Morgan fingerprint density at radius 2 is 1.82 bits per heavy atom. The Hall–Kier alpha value is -3.34. The highest BCUT2D eigenvalue weighted by Gasteiger charge is 2.20. The van der Waals surface area contributed by atoms with E-state index in [-0.39, 0.29) is 10.7 Å². The minimum atomic E-state index is -0.674. The van der Waals surface area contributed by atoms with Crippen LogP contribution in [0.15, 0.2) is 53.7 Å². The topological polar surface area (TPSA) is 102 Å². The fraction of sp³-hybridized carbons (Fsp3) is 0.118. The first kappa shape index (κ1) is 19.4. The van der Waals surface area contributed by atoms with Gasteiger partial charge in [-0.3, -0.25) is 20.4 Å². The van der Waals surface area contributed by atoms with E-state index in [1.807, 2.05) is 0 Å². The number of thioether (sulfide) groups is 1. The van der Waals surface area contributed by atoms with Gasteiger partial charge in [0.25, 0.3) is 11.8 Å². The van der Waals surface area contributed by atoms with Gasteiger partial charge < -0.3 is 0 Å². The van der Waals surface area contributed by atoms with E-state index >= 15 is 0 Å². The first-order chi connectivity index (χ1) is 13.4. The predicted octanol–water partition coefficient (Wildman–Crippen LogP) is 1.88. The molecule has 0 aliphatic carbocycles. The largest absolute Gasteiger partial charge is 0.272 e. The average Bonchev–Trinajstić information content (AvgIpc) is 3.14. The summed E-state index contributed by atoms with van der Waals surface area (Å²) in [5, 5.41) is 10.8. The molecule has 144 valence electrons. The van der Waals surface area contributed by atoms with Crippen LogP contribution >= 0.6 is 11.8 Å². The minimum Gasteiger partial charge on any atom is -0.272 e. The summed E-state index contributed by atoms with van der Waals surface area (Å²) in [6.07, 6.45) is 0.